The number of rotatable bonds is 5. The fourth-order valence-electron chi connectivity index (χ4n) is 4.56. The van der Waals surface area contributed by atoms with Gasteiger partial charge in [-0.25, -0.2) is 0 Å². The highest BCUT2D eigenvalue weighted by Gasteiger charge is 2.35. The van der Waals surface area contributed by atoms with Crippen molar-refractivity contribution in [2.45, 2.75) is 38.8 Å². The second-order valence-electron chi connectivity index (χ2n) is 9.69. The number of carbonyl (C=O) groups is 1. The zero-order chi connectivity index (χ0) is 23.7. The summed E-state index contributed by atoms with van der Waals surface area (Å²) in [6, 6.07) is 29.6. The lowest BCUT2D eigenvalue weighted by Gasteiger charge is -2.26. The zero-order valence-electron chi connectivity index (χ0n) is 19.8. The molecule has 0 aromatic heterocycles. The van der Waals surface area contributed by atoms with Crippen LogP contribution < -0.4 is 14.4 Å². The van der Waals surface area contributed by atoms with Gasteiger partial charge in [-0.05, 0) is 79.9 Å². The number of benzene rings is 4. The van der Waals surface area contributed by atoms with Gasteiger partial charge in [-0.2, -0.15) is 0 Å². The van der Waals surface area contributed by atoms with Crippen LogP contribution in [0.25, 0.3) is 10.8 Å². The molecule has 172 valence electrons. The molecule has 0 saturated carbocycles. The maximum Gasteiger partial charge on any atom is 0.259 e. The van der Waals surface area contributed by atoms with Crippen molar-refractivity contribution in [2.75, 3.05) is 11.5 Å². The van der Waals surface area contributed by atoms with Crippen LogP contribution in [0.4, 0.5) is 5.69 Å². The quantitative estimate of drug-likeness (QED) is 0.340. The molecule has 0 N–H and O–H groups in total. The molecule has 4 heteroatoms. The highest BCUT2D eigenvalue weighted by molar-refractivity contribution is 6.15. The molecule has 0 fully saturated rings. The largest absolute Gasteiger partial charge is 0.491 e. The third-order valence-corrected chi connectivity index (χ3v) is 6.00. The van der Waals surface area contributed by atoms with Gasteiger partial charge in [0.2, 0.25) is 0 Å². The lowest BCUT2D eigenvalue weighted by Crippen LogP contribution is -2.41. The Balaban J connectivity index is 1.39. The van der Waals surface area contributed by atoms with E-state index in [0.717, 1.165) is 34.4 Å². The fourth-order valence-corrected chi connectivity index (χ4v) is 4.56. The average Bonchev–Trinajstić information content (AvgIpc) is 3.20. The monoisotopic (exact) mass is 451 g/mol. The molecule has 4 nitrogen and oxygen atoms in total. The lowest BCUT2D eigenvalue weighted by atomic mass is 10.0. The Morgan fingerprint density at radius 1 is 0.853 bits per heavy atom. The van der Waals surface area contributed by atoms with Gasteiger partial charge in [0.1, 0.15) is 23.7 Å². The van der Waals surface area contributed by atoms with Gasteiger partial charge in [-0.1, -0.05) is 54.6 Å². The summed E-state index contributed by atoms with van der Waals surface area (Å²) in [5.74, 6) is 1.57. The van der Waals surface area contributed by atoms with E-state index >= 15 is 0 Å². The van der Waals surface area contributed by atoms with Gasteiger partial charge in [-0.15, -0.1) is 0 Å². The first-order valence-corrected chi connectivity index (χ1v) is 11.7. The van der Waals surface area contributed by atoms with Crippen molar-refractivity contribution in [1.29, 1.82) is 0 Å². The van der Waals surface area contributed by atoms with Crippen molar-refractivity contribution >= 4 is 22.4 Å². The van der Waals surface area contributed by atoms with Crippen molar-refractivity contribution in [3.63, 3.8) is 0 Å². The second kappa shape index (κ2) is 8.86. The molecule has 1 aliphatic heterocycles. The van der Waals surface area contributed by atoms with E-state index in [4.69, 9.17) is 9.47 Å². The van der Waals surface area contributed by atoms with E-state index in [1.54, 1.807) is 0 Å². The third kappa shape index (κ3) is 4.49. The molecule has 1 atom stereocenters. The maximum absolute atomic E-state index is 13.9. The zero-order valence-corrected chi connectivity index (χ0v) is 19.8. The second-order valence-corrected chi connectivity index (χ2v) is 9.69. The van der Waals surface area contributed by atoms with Crippen LogP contribution in [0.1, 0.15) is 36.7 Å². The molecule has 1 aliphatic rings. The van der Waals surface area contributed by atoms with Gasteiger partial charge in [0.05, 0.1) is 6.04 Å². The number of nitrogens with zero attached hydrogens (tertiary/aromatic N) is 1. The summed E-state index contributed by atoms with van der Waals surface area (Å²) in [6.45, 7) is 6.48. The summed E-state index contributed by atoms with van der Waals surface area (Å²) >= 11 is 0. The standard InChI is InChI=1S/C30H29NO3/c1-30(2,3)34-25-17-15-24(16-18-25)33-20-23-19-22-10-5-7-14-28(22)31(23)29(32)27-13-8-11-21-9-4-6-12-26(21)27/h4-18,23H,19-20H2,1-3H3. The van der Waals surface area contributed by atoms with Gasteiger partial charge < -0.3 is 14.4 Å². The number of amides is 1. The molecule has 4 aromatic rings. The van der Waals surface area contributed by atoms with Crippen LogP contribution in [-0.2, 0) is 6.42 Å². The first kappa shape index (κ1) is 22.0. The van der Waals surface area contributed by atoms with Crippen molar-refractivity contribution in [2.24, 2.45) is 0 Å². The molecule has 0 saturated heterocycles. The van der Waals surface area contributed by atoms with Gasteiger partial charge >= 0.3 is 0 Å². The first-order valence-electron chi connectivity index (χ1n) is 11.7. The van der Waals surface area contributed by atoms with Crippen LogP contribution >= 0.6 is 0 Å². The van der Waals surface area contributed by atoms with Crippen molar-refractivity contribution in [3.05, 3.63) is 102 Å². The Morgan fingerprint density at radius 3 is 2.32 bits per heavy atom. The van der Waals surface area contributed by atoms with Gasteiger partial charge in [0.25, 0.3) is 5.91 Å². The summed E-state index contributed by atoms with van der Waals surface area (Å²) in [7, 11) is 0. The van der Waals surface area contributed by atoms with E-state index in [1.165, 1.54) is 5.56 Å². The molecule has 1 amide bonds. The Morgan fingerprint density at radius 2 is 1.53 bits per heavy atom. The van der Waals surface area contributed by atoms with Crippen LogP contribution in [0.3, 0.4) is 0 Å². The summed E-state index contributed by atoms with van der Waals surface area (Å²) in [4.78, 5) is 15.8. The first-order chi connectivity index (χ1) is 16.4. The molecule has 0 radical (unpaired) electrons. The van der Waals surface area contributed by atoms with E-state index in [9.17, 15) is 4.79 Å². The van der Waals surface area contributed by atoms with Crippen LogP contribution in [0.2, 0.25) is 0 Å². The van der Waals surface area contributed by atoms with E-state index in [-0.39, 0.29) is 17.6 Å². The minimum atomic E-state index is -0.250. The third-order valence-electron chi connectivity index (χ3n) is 6.00. The number of ether oxygens (including phenoxy) is 2. The van der Waals surface area contributed by atoms with Gasteiger partial charge in [-0.3, -0.25) is 4.79 Å². The SMILES string of the molecule is CC(C)(C)Oc1ccc(OCC2Cc3ccccc3N2C(=O)c2cccc3ccccc23)cc1. The number of para-hydroxylation sites is 1. The average molecular weight is 452 g/mol. The molecule has 34 heavy (non-hydrogen) atoms. The van der Waals surface area contributed by atoms with E-state index in [2.05, 4.69) is 6.07 Å². The van der Waals surface area contributed by atoms with Crippen LogP contribution in [0, 0.1) is 0 Å². The molecule has 5 rings (SSSR count). The van der Waals surface area contributed by atoms with E-state index in [1.807, 2.05) is 111 Å². The predicted molar refractivity (Wildman–Crippen MR) is 137 cm³/mol. The molecular formula is C30H29NO3. The van der Waals surface area contributed by atoms with Crippen LogP contribution in [0.15, 0.2) is 91.0 Å². The number of hydrogen-bond acceptors (Lipinski definition) is 3. The molecule has 1 unspecified atom stereocenters. The molecule has 0 bridgehead atoms. The molecule has 0 spiro atoms. The Bertz CT molecular complexity index is 1320. The maximum atomic E-state index is 13.9. The molecular weight excluding hydrogens is 422 g/mol. The van der Waals surface area contributed by atoms with Crippen molar-refractivity contribution in [3.8, 4) is 11.5 Å². The predicted octanol–water partition coefficient (Wildman–Crippen LogP) is 6.67. The molecule has 4 aromatic carbocycles. The highest BCUT2D eigenvalue weighted by Crippen LogP contribution is 2.35. The lowest BCUT2D eigenvalue weighted by molar-refractivity contribution is 0.0972. The minimum Gasteiger partial charge on any atom is -0.491 e. The summed E-state index contributed by atoms with van der Waals surface area (Å²) in [6.07, 6.45) is 0.762. The van der Waals surface area contributed by atoms with Crippen molar-refractivity contribution < 1.29 is 14.3 Å². The summed E-state index contributed by atoms with van der Waals surface area (Å²) in [5.41, 5.74) is 2.59. The van der Waals surface area contributed by atoms with Crippen molar-refractivity contribution in [1.82, 2.24) is 0 Å². The van der Waals surface area contributed by atoms with E-state index in [0.29, 0.717) is 12.2 Å². The van der Waals surface area contributed by atoms with Gasteiger partial charge in [0, 0.05) is 11.3 Å². The number of fused-ring (bicyclic) bond motifs is 2. The number of carbonyl (C=O) groups excluding carboxylic acids is 1. The topological polar surface area (TPSA) is 38.8 Å². The smallest absolute Gasteiger partial charge is 0.259 e. The van der Waals surface area contributed by atoms with Crippen LogP contribution in [0.5, 0.6) is 11.5 Å². The Labute approximate surface area is 200 Å². The highest BCUT2D eigenvalue weighted by atomic mass is 16.5. The molecule has 0 aliphatic carbocycles. The minimum absolute atomic E-state index is 0.00396. The van der Waals surface area contributed by atoms with E-state index < -0.39 is 0 Å². The number of hydrogen-bond donors (Lipinski definition) is 0. The number of anilines is 1. The van der Waals surface area contributed by atoms with Gasteiger partial charge in [0.15, 0.2) is 0 Å². The summed E-state index contributed by atoms with van der Waals surface area (Å²) < 4.78 is 12.1. The van der Waals surface area contributed by atoms with Crippen LogP contribution in [-0.4, -0.2) is 24.2 Å². The summed E-state index contributed by atoms with van der Waals surface area (Å²) in [5, 5.41) is 2.03. The fraction of sp³-hybridized carbons (Fsp3) is 0.233. The Hall–Kier alpha value is -3.79. The molecule has 1 heterocycles. The normalized spacial score (nSPS) is 15.3. The Kier molecular flexibility index (Phi) is 5.74.